The van der Waals surface area contributed by atoms with Crippen molar-refractivity contribution in [2.24, 2.45) is 5.92 Å². The Labute approximate surface area is 107 Å². The van der Waals surface area contributed by atoms with E-state index in [1.165, 1.54) is 12.3 Å². The third kappa shape index (κ3) is 2.98. The standard InChI is InChI=1S/C11H18N4O2S/c1-15-6-4-9(8-15)7-14-18(16,17)11-10(12)3-2-5-13-11/h2-3,5,9,14H,4,6-8,12H2,1H3. The van der Waals surface area contributed by atoms with Crippen LogP contribution >= 0.6 is 0 Å². The fraction of sp³-hybridized carbons (Fsp3) is 0.545. The van der Waals surface area contributed by atoms with Crippen molar-refractivity contribution in [3.63, 3.8) is 0 Å². The number of aromatic nitrogens is 1. The van der Waals surface area contributed by atoms with Crippen LogP contribution in [-0.4, -0.2) is 45.0 Å². The van der Waals surface area contributed by atoms with Gasteiger partial charge in [-0.15, -0.1) is 0 Å². The second kappa shape index (κ2) is 5.21. The highest BCUT2D eigenvalue weighted by Gasteiger charge is 2.24. The SMILES string of the molecule is CN1CCC(CNS(=O)(=O)c2ncccc2N)C1. The predicted molar refractivity (Wildman–Crippen MR) is 69.4 cm³/mol. The van der Waals surface area contributed by atoms with Crippen LogP contribution in [0.15, 0.2) is 23.4 Å². The Bertz CT molecular complexity index is 518. The molecule has 1 unspecified atom stereocenters. The summed E-state index contributed by atoms with van der Waals surface area (Å²) in [6.45, 7) is 2.36. The van der Waals surface area contributed by atoms with Gasteiger partial charge in [-0.1, -0.05) is 0 Å². The topological polar surface area (TPSA) is 88.3 Å². The average molecular weight is 270 g/mol. The summed E-state index contributed by atoms with van der Waals surface area (Å²) in [5.74, 6) is 0.356. The van der Waals surface area contributed by atoms with Gasteiger partial charge in [-0.2, -0.15) is 0 Å². The third-order valence-corrected chi connectivity index (χ3v) is 4.50. The van der Waals surface area contributed by atoms with Gasteiger partial charge in [0.1, 0.15) is 0 Å². The molecule has 100 valence electrons. The smallest absolute Gasteiger partial charge is 0.260 e. The van der Waals surface area contributed by atoms with Crippen LogP contribution < -0.4 is 10.5 Å². The lowest BCUT2D eigenvalue weighted by atomic mass is 10.1. The summed E-state index contributed by atoms with van der Waals surface area (Å²) in [4.78, 5) is 6.01. The molecule has 0 bridgehead atoms. The zero-order chi connectivity index (χ0) is 13.2. The fourth-order valence-corrected chi connectivity index (χ4v) is 3.29. The van der Waals surface area contributed by atoms with E-state index in [0.29, 0.717) is 12.5 Å². The summed E-state index contributed by atoms with van der Waals surface area (Å²) < 4.78 is 26.6. The van der Waals surface area contributed by atoms with Gasteiger partial charge in [0.15, 0.2) is 5.03 Å². The van der Waals surface area contributed by atoms with Gasteiger partial charge in [0.2, 0.25) is 0 Å². The van der Waals surface area contributed by atoms with Gasteiger partial charge < -0.3 is 10.6 Å². The van der Waals surface area contributed by atoms with Crippen LogP contribution in [0.4, 0.5) is 5.69 Å². The number of hydrogen-bond donors (Lipinski definition) is 2. The minimum atomic E-state index is -3.60. The number of likely N-dealkylation sites (tertiary alicyclic amines) is 1. The summed E-state index contributed by atoms with van der Waals surface area (Å²) in [6.07, 6.45) is 2.44. The molecule has 1 aromatic rings. The molecule has 0 radical (unpaired) electrons. The molecular formula is C11H18N4O2S. The van der Waals surface area contributed by atoms with E-state index in [2.05, 4.69) is 14.6 Å². The number of rotatable bonds is 4. The van der Waals surface area contributed by atoms with Gasteiger partial charge >= 0.3 is 0 Å². The van der Waals surface area contributed by atoms with Gasteiger partial charge in [0.05, 0.1) is 5.69 Å². The van der Waals surface area contributed by atoms with Crippen LogP contribution in [0.5, 0.6) is 0 Å². The van der Waals surface area contributed by atoms with Crippen molar-refractivity contribution in [3.8, 4) is 0 Å². The van der Waals surface area contributed by atoms with Crippen molar-refractivity contribution in [1.82, 2.24) is 14.6 Å². The van der Waals surface area contributed by atoms with E-state index >= 15 is 0 Å². The Balaban J connectivity index is 2.02. The summed E-state index contributed by atoms with van der Waals surface area (Å²) in [5, 5.41) is -0.0867. The summed E-state index contributed by atoms with van der Waals surface area (Å²) in [5.41, 5.74) is 5.80. The molecule has 3 N–H and O–H groups in total. The van der Waals surface area contributed by atoms with Crippen molar-refractivity contribution in [2.45, 2.75) is 11.4 Å². The Morgan fingerprint density at radius 1 is 1.61 bits per heavy atom. The lowest BCUT2D eigenvalue weighted by Crippen LogP contribution is -2.31. The van der Waals surface area contributed by atoms with Crippen LogP contribution in [0, 0.1) is 5.92 Å². The zero-order valence-corrected chi connectivity index (χ0v) is 11.2. The van der Waals surface area contributed by atoms with Crippen LogP contribution in [0.25, 0.3) is 0 Å². The molecule has 1 aliphatic rings. The van der Waals surface area contributed by atoms with Gasteiger partial charge in [-0.3, -0.25) is 0 Å². The second-order valence-electron chi connectivity index (χ2n) is 4.67. The van der Waals surface area contributed by atoms with Crippen molar-refractivity contribution in [3.05, 3.63) is 18.3 Å². The molecular weight excluding hydrogens is 252 g/mol. The lowest BCUT2D eigenvalue weighted by Gasteiger charge is -2.12. The molecule has 0 amide bonds. The minimum Gasteiger partial charge on any atom is -0.396 e. The molecule has 2 heterocycles. The Morgan fingerprint density at radius 3 is 3.00 bits per heavy atom. The Hall–Kier alpha value is -1.18. The molecule has 1 atom stereocenters. The lowest BCUT2D eigenvalue weighted by molar-refractivity contribution is 0.394. The number of anilines is 1. The molecule has 2 rings (SSSR count). The van der Waals surface area contributed by atoms with Gasteiger partial charge in [-0.25, -0.2) is 18.1 Å². The molecule has 0 aliphatic carbocycles. The van der Waals surface area contributed by atoms with E-state index in [1.54, 1.807) is 6.07 Å². The van der Waals surface area contributed by atoms with E-state index < -0.39 is 10.0 Å². The molecule has 1 saturated heterocycles. The van der Waals surface area contributed by atoms with Crippen molar-refractivity contribution in [1.29, 1.82) is 0 Å². The Kier molecular flexibility index (Phi) is 3.84. The van der Waals surface area contributed by atoms with E-state index in [9.17, 15) is 8.42 Å². The minimum absolute atomic E-state index is 0.0867. The first kappa shape index (κ1) is 13.3. The monoisotopic (exact) mass is 270 g/mol. The quantitative estimate of drug-likeness (QED) is 0.797. The number of nitrogens with zero attached hydrogens (tertiary/aromatic N) is 2. The van der Waals surface area contributed by atoms with Crippen molar-refractivity contribution >= 4 is 15.7 Å². The van der Waals surface area contributed by atoms with Gasteiger partial charge in [0.25, 0.3) is 10.0 Å². The molecule has 1 aromatic heterocycles. The fourth-order valence-electron chi connectivity index (χ4n) is 2.12. The maximum atomic E-state index is 12.0. The maximum Gasteiger partial charge on any atom is 0.260 e. The van der Waals surface area contributed by atoms with E-state index in [4.69, 9.17) is 5.73 Å². The van der Waals surface area contributed by atoms with Crippen LogP contribution in [-0.2, 0) is 10.0 Å². The van der Waals surface area contributed by atoms with E-state index in [-0.39, 0.29) is 10.7 Å². The number of nitrogen functional groups attached to an aromatic ring is 1. The molecule has 1 aliphatic heterocycles. The summed E-state index contributed by atoms with van der Waals surface area (Å²) >= 11 is 0. The van der Waals surface area contributed by atoms with Crippen LogP contribution in [0.3, 0.4) is 0 Å². The molecule has 0 spiro atoms. The number of hydrogen-bond acceptors (Lipinski definition) is 5. The molecule has 18 heavy (non-hydrogen) atoms. The Morgan fingerprint density at radius 2 is 2.39 bits per heavy atom. The van der Waals surface area contributed by atoms with Crippen molar-refractivity contribution in [2.75, 3.05) is 32.4 Å². The molecule has 1 fully saturated rings. The maximum absolute atomic E-state index is 12.0. The molecule has 0 saturated carbocycles. The third-order valence-electron chi connectivity index (χ3n) is 3.11. The largest absolute Gasteiger partial charge is 0.396 e. The highest BCUT2D eigenvalue weighted by molar-refractivity contribution is 7.89. The predicted octanol–water partition coefficient (Wildman–Crippen LogP) is -0.106. The van der Waals surface area contributed by atoms with E-state index in [1.807, 2.05) is 7.05 Å². The van der Waals surface area contributed by atoms with Gasteiger partial charge in [0, 0.05) is 19.3 Å². The molecule has 0 aromatic carbocycles. The van der Waals surface area contributed by atoms with Crippen LogP contribution in [0.2, 0.25) is 0 Å². The highest BCUT2D eigenvalue weighted by Crippen LogP contribution is 2.16. The van der Waals surface area contributed by atoms with Gasteiger partial charge in [-0.05, 0) is 38.1 Å². The molecule has 6 nitrogen and oxygen atoms in total. The number of sulfonamides is 1. The number of pyridine rings is 1. The number of nitrogens with one attached hydrogen (secondary N) is 1. The molecule has 7 heteroatoms. The average Bonchev–Trinajstić information content (AvgIpc) is 2.73. The van der Waals surface area contributed by atoms with Crippen molar-refractivity contribution < 1.29 is 8.42 Å². The highest BCUT2D eigenvalue weighted by atomic mass is 32.2. The normalized spacial score (nSPS) is 21.3. The first-order chi connectivity index (χ1) is 8.49. The zero-order valence-electron chi connectivity index (χ0n) is 10.3. The first-order valence-electron chi connectivity index (χ1n) is 5.88. The number of nitrogens with two attached hydrogens (primary N) is 1. The first-order valence-corrected chi connectivity index (χ1v) is 7.36. The van der Waals surface area contributed by atoms with E-state index in [0.717, 1.165) is 19.5 Å². The second-order valence-corrected chi connectivity index (χ2v) is 6.35. The van der Waals surface area contributed by atoms with Crippen LogP contribution in [0.1, 0.15) is 6.42 Å². The summed E-state index contributed by atoms with van der Waals surface area (Å²) in [6, 6.07) is 3.14. The summed E-state index contributed by atoms with van der Waals surface area (Å²) in [7, 11) is -1.57.